The van der Waals surface area contributed by atoms with Crippen LogP contribution in [0.3, 0.4) is 0 Å². The molecule has 1 aromatic heterocycles. The molecule has 0 bridgehead atoms. The van der Waals surface area contributed by atoms with E-state index in [0.717, 1.165) is 44.3 Å². The number of hydrogen-bond donors (Lipinski definition) is 2. The third kappa shape index (κ3) is 3.74. The van der Waals surface area contributed by atoms with Crippen LogP contribution in [0.4, 0.5) is 11.5 Å². The molecule has 2 aromatic rings. The van der Waals surface area contributed by atoms with Gasteiger partial charge in [-0.3, -0.25) is 0 Å². The van der Waals surface area contributed by atoms with E-state index in [0.29, 0.717) is 12.0 Å². The van der Waals surface area contributed by atoms with Crippen molar-refractivity contribution >= 4 is 11.5 Å². The fourth-order valence-electron chi connectivity index (χ4n) is 3.81. The van der Waals surface area contributed by atoms with Crippen LogP contribution in [-0.2, 0) is 6.54 Å². The Balaban J connectivity index is 1.24. The van der Waals surface area contributed by atoms with Crippen LogP contribution < -0.4 is 20.3 Å². The summed E-state index contributed by atoms with van der Waals surface area (Å²) < 4.78 is 7.41. The number of benzene rings is 1. The molecule has 2 aliphatic heterocycles. The Morgan fingerprint density at radius 2 is 2.16 bits per heavy atom. The van der Waals surface area contributed by atoms with Gasteiger partial charge in [0, 0.05) is 62.5 Å². The van der Waals surface area contributed by atoms with Gasteiger partial charge in [0.05, 0.1) is 13.3 Å². The Kier molecular flexibility index (Phi) is 4.78. The second-order valence-electron chi connectivity index (χ2n) is 7.02. The molecule has 0 spiro atoms. The van der Waals surface area contributed by atoms with Gasteiger partial charge in [0.1, 0.15) is 11.6 Å². The molecule has 1 fully saturated rings. The fraction of sp³-hybridized carbons (Fsp3) is 0.526. The summed E-state index contributed by atoms with van der Waals surface area (Å²) in [6, 6.07) is 11.0. The van der Waals surface area contributed by atoms with E-state index in [4.69, 9.17) is 4.74 Å². The van der Waals surface area contributed by atoms with Gasteiger partial charge in [-0.2, -0.15) is 5.10 Å². The van der Waals surface area contributed by atoms with Crippen molar-refractivity contribution in [2.45, 2.75) is 25.4 Å². The Hall–Kier alpha value is -2.21. The summed E-state index contributed by atoms with van der Waals surface area (Å²) in [4.78, 5) is 2.46. The van der Waals surface area contributed by atoms with E-state index in [1.165, 1.54) is 18.5 Å². The van der Waals surface area contributed by atoms with E-state index in [1.807, 2.05) is 18.3 Å². The van der Waals surface area contributed by atoms with Crippen molar-refractivity contribution in [3.63, 3.8) is 0 Å². The second-order valence-corrected chi connectivity index (χ2v) is 7.02. The maximum atomic E-state index is 5.34. The van der Waals surface area contributed by atoms with Gasteiger partial charge < -0.3 is 20.3 Å². The van der Waals surface area contributed by atoms with Crippen LogP contribution >= 0.6 is 0 Å². The standard InChI is InChI=1S/C19H27N5O/c1-25-18-4-2-3-17(11-18)23-9-6-16(7-10-23)20-12-15-13-21-19-5-8-22-24(19)14-15/h2-5,8,11,15-16,20-21H,6-7,9-10,12-14H2,1H3/t15-/m0/s1. The predicted molar refractivity (Wildman–Crippen MR) is 100 cm³/mol. The van der Waals surface area contributed by atoms with Crippen molar-refractivity contribution in [3.8, 4) is 5.75 Å². The summed E-state index contributed by atoms with van der Waals surface area (Å²) in [6.45, 7) is 5.27. The highest BCUT2D eigenvalue weighted by molar-refractivity contribution is 5.51. The fourth-order valence-corrected chi connectivity index (χ4v) is 3.81. The lowest BCUT2D eigenvalue weighted by Gasteiger charge is -2.35. The van der Waals surface area contributed by atoms with Crippen molar-refractivity contribution in [2.24, 2.45) is 5.92 Å². The van der Waals surface area contributed by atoms with Crippen molar-refractivity contribution < 1.29 is 4.74 Å². The molecule has 2 aliphatic rings. The number of methoxy groups -OCH3 is 1. The van der Waals surface area contributed by atoms with E-state index in [1.54, 1.807) is 7.11 Å². The third-order valence-corrected chi connectivity index (χ3v) is 5.33. The van der Waals surface area contributed by atoms with E-state index in [-0.39, 0.29) is 0 Å². The Morgan fingerprint density at radius 1 is 1.28 bits per heavy atom. The predicted octanol–water partition coefficient (Wildman–Crippen LogP) is 2.19. The minimum atomic E-state index is 0.601. The molecule has 6 nitrogen and oxygen atoms in total. The number of hydrogen-bond acceptors (Lipinski definition) is 5. The maximum absolute atomic E-state index is 5.34. The second kappa shape index (κ2) is 7.35. The van der Waals surface area contributed by atoms with Crippen LogP contribution in [-0.4, -0.2) is 49.1 Å². The summed E-state index contributed by atoms with van der Waals surface area (Å²) in [7, 11) is 1.72. The normalized spacial score (nSPS) is 20.8. The van der Waals surface area contributed by atoms with E-state index in [2.05, 4.69) is 43.5 Å². The lowest BCUT2D eigenvalue weighted by atomic mass is 10.0. The first-order chi connectivity index (χ1) is 12.3. The van der Waals surface area contributed by atoms with Gasteiger partial charge in [-0.15, -0.1) is 0 Å². The molecular weight excluding hydrogens is 314 g/mol. The molecule has 0 aliphatic carbocycles. The molecule has 1 aromatic carbocycles. The first-order valence-corrected chi connectivity index (χ1v) is 9.20. The zero-order valence-corrected chi connectivity index (χ0v) is 14.8. The third-order valence-electron chi connectivity index (χ3n) is 5.33. The van der Waals surface area contributed by atoms with Crippen molar-refractivity contribution in [2.75, 3.05) is 43.5 Å². The molecular formula is C19H27N5O. The molecule has 1 saturated heterocycles. The molecule has 0 radical (unpaired) electrons. The maximum Gasteiger partial charge on any atom is 0.124 e. The highest BCUT2D eigenvalue weighted by Gasteiger charge is 2.22. The average Bonchev–Trinajstić information content (AvgIpc) is 3.14. The molecule has 2 N–H and O–H groups in total. The number of rotatable bonds is 5. The first-order valence-electron chi connectivity index (χ1n) is 9.20. The lowest BCUT2D eigenvalue weighted by molar-refractivity contribution is 0.342. The number of aromatic nitrogens is 2. The summed E-state index contributed by atoms with van der Waals surface area (Å²) >= 11 is 0. The SMILES string of the molecule is COc1cccc(N2CCC(NC[C@H]3CNc4ccnn4C3)CC2)c1. The van der Waals surface area contributed by atoms with Gasteiger partial charge in [-0.05, 0) is 25.0 Å². The topological polar surface area (TPSA) is 54.4 Å². The van der Waals surface area contributed by atoms with Crippen molar-refractivity contribution in [3.05, 3.63) is 36.5 Å². The zero-order chi connectivity index (χ0) is 17.1. The van der Waals surface area contributed by atoms with Gasteiger partial charge in [0.15, 0.2) is 0 Å². The molecule has 6 heteroatoms. The zero-order valence-electron chi connectivity index (χ0n) is 14.8. The van der Waals surface area contributed by atoms with E-state index in [9.17, 15) is 0 Å². The smallest absolute Gasteiger partial charge is 0.124 e. The molecule has 0 amide bonds. The minimum absolute atomic E-state index is 0.601. The number of nitrogens with one attached hydrogen (secondary N) is 2. The average molecular weight is 341 g/mol. The van der Waals surface area contributed by atoms with Crippen LogP contribution in [0, 0.1) is 5.92 Å². The van der Waals surface area contributed by atoms with Crippen molar-refractivity contribution in [1.29, 1.82) is 0 Å². The molecule has 4 rings (SSSR count). The van der Waals surface area contributed by atoms with Gasteiger partial charge >= 0.3 is 0 Å². The van der Waals surface area contributed by atoms with Crippen LogP contribution in [0.1, 0.15) is 12.8 Å². The summed E-state index contributed by atoms with van der Waals surface area (Å²) in [5.74, 6) is 2.67. The number of fused-ring (bicyclic) bond motifs is 1. The Bertz CT molecular complexity index is 693. The molecule has 1 atom stereocenters. The largest absolute Gasteiger partial charge is 0.497 e. The quantitative estimate of drug-likeness (QED) is 0.873. The van der Waals surface area contributed by atoms with Crippen LogP contribution in [0.2, 0.25) is 0 Å². The first kappa shape index (κ1) is 16.3. The van der Waals surface area contributed by atoms with Gasteiger partial charge in [-0.1, -0.05) is 6.07 Å². The highest BCUT2D eigenvalue weighted by Crippen LogP contribution is 2.24. The highest BCUT2D eigenvalue weighted by atomic mass is 16.5. The summed E-state index contributed by atoms with van der Waals surface area (Å²) in [5, 5.41) is 11.6. The monoisotopic (exact) mass is 341 g/mol. The van der Waals surface area contributed by atoms with Crippen LogP contribution in [0.5, 0.6) is 5.75 Å². The van der Waals surface area contributed by atoms with Gasteiger partial charge in [0.25, 0.3) is 0 Å². The Labute approximate surface area is 149 Å². The summed E-state index contributed by atoms with van der Waals surface area (Å²) in [5.41, 5.74) is 1.26. The van der Waals surface area contributed by atoms with Crippen molar-refractivity contribution in [1.82, 2.24) is 15.1 Å². The lowest BCUT2D eigenvalue weighted by Crippen LogP contribution is -2.45. The molecule has 0 saturated carbocycles. The van der Waals surface area contributed by atoms with Crippen LogP contribution in [0.25, 0.3) is 0 Å². The van der Waals surface area contributed by atoms with Crippen LogP contribution in [0.15, 0.2) is 36.5 Å². The molecule has 134 valence electrons. The Morgan fingerprint density at radius 3 is 3.00 bits per heavy atom. The number of nitrogens with zero attached hydrogens (tertiary/aromatic N) is 3. The molecule has 25 heavy (non-hydrogen) atoms. The van der Waals surface area contributed by atoms with Gasteiger partial charge in [0.2, 0.25) is 0 Å². The van der Waals surface area contributed by atoms with E-state index < -0.39 is 0 Å². The van der Waals surface area contributed by atoms with Gasteiger partial charge in [-0.25, -0.2) is 4.68 Å². The molecule has 0 unspecified atom stereocenters. The number of piperidine rings is 1. The number of anilines is 2. The molecule has 3 heterocycles. The van der Waals surface area contributed by atoms with E-state index >= 15 is 0 Å². The summed E-state index contributed by atoms with van der Waals surface area (Å²) in [6.07, 6.45) is 4.24. The number of ether oxygens (including phenoxy) is 1. The minimum Gasteiger partial charge on any atom is -0.497 e.